The van der Waals surface area contributed by atoms with Gasteiger partial charge in [-0.05, 0) is 36.9 Å². The summed E-state index contributed by atoms with van der Waals surface area (Å²) in [6.07, 6.45) is 6.02. The van der Waals surface area contributed by atoms with Crippen molar-refractivity contribution in [3.05, 3.63) is 78.0 Å². The molecule has 3 nitrogen and oxygen atoms in total. The van der Waals surface area contributed by atoms with Crippen molar-refractivity contribution in [3.8, 4) is 16.9 Å². The molecule has 0 spiro atoms. The maximum Gasteiger partial charge on any atom is 0.214 e. The highest BCUT2D eigenvalue weighted by Crippen LogP contribution is 2.27. The van der Waals surface area contributed by atoms with Gasteiger partial charge in [0.2, 0.25) is 5.69 Å². The van der Waals surface area contributed by atoms with E-state index in [1.165, 1.54) is 38.8 Å². The first-order valence-electron chi connectivity index (χ1n) is 8.54. The first kappa shape index (κ1) is 15.6. The zero-order chi connectivity index (χ0) is 17.6. The van der Waals surface area contributed by atoms with Gasteiger partial charge in [-0.25, -0.2) is 4.98 Å². The Hall–Kier alpha value is -2.94. The molecule has 0 amide bonds. The second-order valence-electron chi connectivity index (χ2n) is 6.76. The van der Waals surface area contributed by atoms with Crippen molar-refractivity contribution in [3.63, 3.8) is 0 Å². The SMILES string of the molecule is Cc1cc(-c2cncn2C)c(C)c(-[n+]2cc3ccccc3cc2C)c1. The summed E-state index contributed by atoms with van der Waals surface area (Å²) in [6.45, 7) is 6.51. The second-order valence-corrected chi connectivity index (χ2v) is 6.76. The Bertz CT molecular complexity index is 1090. The molecule has 0 radical (unpaired) electrons. The largest absolute Gasteiger partial charge is 0.334 e. The van der Waals surface area contributed by atoms with Crippen molar-refractivity contribution < 1.29 is 4.57 Å². The summed E-state index contributed by atoms with van der Waals surface area (Å²) in [5, 5.41) is 2.52. The number of pyridine rings is 1. The van der Waals surface area contributed by atoms with E-state index < -0.39 is 0 Å². The van der Waals surface area contributed by atoms with Crippen LogP contribution in [0.5, 0.6) is 0 Å². The normalized spacial score (nSPS) is 11.2. The minimum absolute atomic E-state index is 1.14. The van der Waals surface area contributed by atoms with Crippen molar-refractivity contribution in [2.75, 3.05) is 0 Å². The van der Waals surface area contributed by atoms with Crippen LogP contribution in [0.25, 0.3) is 27.7 Å². The van der Waals surface area contributed by atoms with Gasteiger partial charge in [0.05, 0.1) is 18.2 Å². The van der Waals surface area contributed by atoms with Gasteiger partial charge in [-0.3, -0.25) is 0 Å². The van der Waals surface area contributed by atoms with Crippen molar-refractivity contribution in [2.45, 2.75) is 20.8 Å². The fourth-order valence-corrected chi connectivity index (χ4v) is 3.53. The number of fused-ring (bicyclic) bond motifs is 1. The molecule has 0 unspecified atom stereocenters. The lowest BCUT2D eigenvalue weighted by atomic mass is 10.00. The summed E-state index contributed by atoms with van der Waals surface area (Å²) in [6, 6.07) is 15.3. The highest BCUT2D eigenvalue weighted by atomic mass is 15.0. The van der Waals surface area contributed by atoms with Gasteiger partial charge in [0.1, 0.15) is 0 Å². The van der Waals surface area contributed by atoms with Crippen LogP contribution < -0.4 is 4.57 Å². The van der Waals surface area contributed by atoms with E-state index in [0.717, 1.165) is 5.69 Å². The molecule has 2 heterocycles. The monoisotopic (exact) mass is 328 g/mol. The minimum Gasteiger partial charge on any atom is -0.334 e. The van der Waals surface area contributed by atoms with Crippen LogP contribution >= 0.6 is 0 Å². The second kappa shape index (κ2) is 5.85. The molecule has 0 aliphatic carbocycles. The summed E-state index contributed by atoms with van der Waals surface area (Å²) in [5.74, 6) is 0. The summed E-state index contributed by atoms with van der Waals surface area (Å²) in [4.78, 5) is 4.29. The standard InChI is InChI=1S/C22H22N3/c1-15-9-20(22-12-23-14-24(22)4)17(3)21(10-15)25-13-19-8-6-5-7-18(19)11-16(25)2/h5-14H,1-4H3/q+1. The third-order valence-electron chi connectivity index (χ3n) is 4.89. The first-order chi connectivity index (χ1) is 12.0. The van der Waals surface area contributed by atoms with Crippen LogP contribution in [0, 0.1) is 20.8 Å². The van der Waals surface area contributed by atoms with Crippen molar-refractivity contribution in [2.24, 2.45) is 7.05 Å². The zero-order valence-electron chi connectivity index (χ0n) is 15.1. The van der Waals surface area contributed by atoms with Crippen molar-refractivity contribution >= 4 is 10.8 Å². The fourth-order valence-electron chi connectivity index (χ4n) is 3.53. The fraction of sp³-hybridized carbons (Fsp3) is 0.182. The Labute approximate surface area is 148 Å². The van der Waals surface area contributed by atoms with E-state index in [-0.39, 0.29) is 0 Å². The molecule has 0 bridgehead atoms. The van der Waals surface area contributed by atoms with E-state index in [4.69, 9.17) is 0 Å². The Morgan fingerprint density at radius 2 is 1.72 bits per heavy atom. The lowest BCUT2D eigenvalue weighted by Crippen LogP contribution is -2.35. The Kier molecular flexibility index (Phi) is 3.65. The van der Waals surface area contributed by atoms with Gasteiger partial charge >= 0.3 is 0 Å². The maximum absolute atomic E-state index is 4.29. The van der Waals surface area contributed by atoms with Crippen molar-refractivity contribution in [1.29, 1.82) is 0 Å². The number of hydrogen-bond donors (Lipinski definition) is 0. The molecule has 25 heavy (non-hydrogen) atoms. The molecule has 0 saturated carbocycles. The third-order valence-corrected chi connectivity index (χ3v) is 4.89. The van der Waals surface area contributed by atoms with Gasteiger partial charge < -0.3 is 4.57 Å². The van der Waals surface area contributed by atoms with Gasteiger partial charge in [-0.15, -0.1) is 0 Å². The summed E-state index contributed by atoms with van der Waals surface area (Å²) in [5.41, 5.74) is 7.33. The average Bonchev–Trinajstić information content (AvgIpc) is 3.02. The van der Waals surface area contributed by atoms with Crippen molar-refractivity contribution in [1.82, 2.24) is 9.55 Å². The minimum atomic E-state index is 1.14. The Morgan fingerprint density at radius 1 is 0.960 bits per heavy atom. The molecule has 4 rings (SSSR count). The zero-order valence-corrected chi connectivity index (χ0v) is 15.1. The Balaban J connectivity index is 1.99. The first-order valence-corrected chi connectivity index (χ1v) is 8.54. The van der Waals surface area contributed by atoms with Gasteiger partial charge in [0.25, 0.3) is 0 Å². The van der Waals surface area contributed by atoms with Crippen LogP contribution in [-0.2, 0) is 7.05 Å². The van der Waals surface area contributed by atoms with Gasteiger partial charge in [-0.2, -0.15) is 4.57 Å². The molecule has 0 N–H and O–H groups in total. The molecule has 4 aromatic rings. The number of aryl methyl sites for hydroxylation is 3. The van der Waals surface area contributed by atoms with Crippen LogP contribution in [0.4, 0.5) is 0 Å². The third kappa shape index (κ3) is 2.62. The number of nitrogens with zero attached hydrogens (tertiary/aromatic N) is 3. The molecule has 2 aromatic heterocycles. The smallest absolute Gasteiger partial charge is 0.214 e. The van der Waals surface area contributed by atoms with Crippen LogP contribution in [0.2, 0.25) is 0 Å². The molecule has 0 fully saturated rings. The van der Waals surface area contributed by atoms with Crippen LogP contribution in [-0.4, -0.2) is 9.55 Å². The summed E-state index contributed by atoms with van der Waals surface area (Å²) >= 11 is 0. The average molecular weight is 328 g/mol. The number of aromatic nitrogens is 3. The van der Waals surface area contributed by atoms with E-state index >= 15 is 0 Å². The predicted octanol–water partition coefficient (Wildman–Crippen LogP) is 4.44. The quantitative estimate of drug-likeness (QED) is 0.499. The predicted molar refractivity (Wildman–Crippen MR) is 102 cm³/mol. The number of benzene rings is 2. The summed E-state index contributed by atoms with van der Waals surface area (Å²) < 4.78 is 4.37. The van der Waals surface area contributed by atoms with E-state index in [9.17, 15) is 0 Å². The highest BCUT2D eigenvalue weighted by Gasteiger charge is 2.19. The van der Waals surface area contributed by atoms with Gasteiger partial charge in [0, 0.05) is 42.6 Å². The Morgan fingerprint density at radius 3 is 2.44 bits per heavy atom. The van der Waals surface area contributed by atoms with E-state index in [1.807, 2.05) is 19.6 Å². The molecular formula is C22H22N3+. The molecule has 0 saturated heterocycles. The van der Waals surface area contributed by atoms with E-state index in [0.29, 0.717) is 0 Å². The van der Waals surface area contributed by atoms with E-state index in [2.05, 4.69) is 83.6 Å². The van der Waals surface area contributed by atoms with Gasteiger partial charge in [0.15, 0.2) is 11.9 Å². The van der Waals surface area contributed by atoms with Crippen LogP contribution in [0.1, 0.15) is 16.8 Å². The highest BCUT2D eigenvalue weighted by molar-refractivity contribution is 5.81. The topological polar surface area (TPSA) is 21.7 Å². The van der Waals surface area contributed by atoms with Crippen LogP contribution in [0.15, 0.2) is 61.2 Å². The molecule has 124 valence electrons. The molecular weight excluding hydrogens is 306 g/mol. The lowest BCUT2D eigenvalue weighted by Gasteiger charge is -2.11. The molecule has 0 aliphatic rings. The van der Waals surface area contributed by atoms with E-state index in [1.54, 1.807) is 0 Å². The van der Waals surface area contributed by atoms with Gasteiger partial charge in [-0.1, -0.05) is 18.2 Å². The maximum atomic E-state index is 4.29. The molecule has 2 aromatic carbocycles. The summed E-state index contributed by atoms with van der Waals surface area (Å²) in [7, 11) is 2.04. The van der Waals surface area contributed by atoms with Crippen LogP contribution in [0.3, 0.4) is 0 Å². The molecule has 0 aliphatic heterocycles. The number of imidazole rings is 1. The molecule has 0 atom stereocenters. The molecule has 3 heteroatoms. The number of hydrogen-bond acceptors (Lipinski definition) is 1. The number of rotatable bonds is 2. The lowest BCUT2D eigenvalue weighted by molar-refractivity contribution is -0.601.